The lowest BCUT2D eigenvalue weighted by Gasteiger charge is -2.12. The van der Waals surface area contributed by atoms with Gasteiger partial charge >= 0.3 is 0 Å². The van der Waals surface area contributed by atoms with E-state index in [4.69, 9.17) is 4.74 Å². The SMILES string of the molecule is COc1ccc(NS(=O)(=O)c2cc(F)ccc2F)c(C)c1. The first-order valence-electron chi connectivity index (χ1n) is 5.96. The van der Waals surface area contributed by atoms with Crippen molar-refractivity contribution in [2.45, 2.75) is 11.8 Å². The zero-order valence-electron chi connectivity index (χ0n) is 11.4. The number of ether oxygens (including phenoxy) is 1. The van der Waals surface area contributed by atoms with Gasteiger partial charge in [-0.25, -0.2) is 17.2 Å². The molecular formula is C14H13F2NO3S. The number of aryl methyl sites for hydroxylation is 1. The van der Waals surface area contributed by atoms with E-state index >= 15 is 0 Å². The van der Waals surface area contributed by atoms with Crippen LogP contribution in [0.4, 0.5) is 14.5 Å². The Labute approximate surface area is 121 Å². The molecule has 0 aromatic heterocycles. The van der Waals surface area contributed by atoms with E-state index in [-0.39, 0.29) is 5.69 Å². The molecule has 7 heteroatoms. The molecule has 1 N–H and O–H groups in total. The lowest BCUT2D eigenvalue weighted by atomic mass is 10.2. The Morgan fingerprint density at radius 2 is 1.81 bits per heavy atom. The number of hydrogen-bond acceptors (Lipinski definition) is 3. The first-order chi connectivity index (χ1) is 9.83. The van der Waals surface area contributed by atoms with E-state index < -0.39 is 26.6 Å². The van der Waals surface area contributed by atoms with E-state index in [9.17, 15) is 17.2 Å². The Bertz CT molecular complexity index is 776. The minimum atomic E-state index is -4.21. The van der Waals surface area contributed by atoms with Gasteiger partial charge in [0, 0.05) is 0 Å². The van der Waals surface area contributed by atoms with Crippen molar-refractivity contribution in [2.75, 3.05) is 11.8 Å². The van der Waals surface area contributed by atoms with Crippen LogP contribution in [0.25, 0.3) is 0 Å². The number of benzene rings is 2. The highest BCUT2D eigenvalue weighted by Crippen LogP contribution is 2.25. The lowest BCUT2D eigenvalue weighted by Crippen LogP contribution is -2.15. The molecule has 0 saturated heterocycles. The summed E-state index contributed by atoms with van der Waals surface area (Å²) >= 11 is 0. The molecule has 0 radical (unpaired) electrons. The number of sulfonamides is 1. The Morgan fingerprint density at radius 3 is 2.43 bits per heavy atom. The van der Waals surface area contributed by atoms with Gasteiger partial charge in [0.25, 0.3) is 10.0 Å². The number of methoxy groups -OCH3 is 1. The maximum Gasteiger partial charge on any atom is 0.264 e. The van der Waals surface area contributed by atoms with Crippen LogP contribution < -0.4 is 9.46 Å². The van der Waals surface area contributed by atoms with Gasteiger partial charge in [-0.05, 0) is 48.9 Å². The third-order valence-electron chi connectivity index (χ3n) is 2.86. The van der Waals surface area contributed by atoms with E-state index in [1.165, 1.54) is 13.2 Å². The molecule has 0 saturated carbocycles. The number of rotatable bonds is 4. The van der Waals surface area contributed by atoms with Crippen molar-refractivity contribution >= 4 is 15.7 Å². The predicted molar refractivity (Wildman–Crippen MR) is 74.9 cm³/mol. The van der Waals surface area contributed by atoms with Crippen LogP contribution in [0.2, 0.25) is 0 Å². The Kier molecular flexibility index (Phi) is 4.13. The van der Waals surface area contributed by atoms with Gasteiger partial charge in [0.2, 0.25) is 0 Å². The highest BCUT2D eigenvalue weighted by Gasteiger charge is 2.20. The van der Waals surface area contributed by atoms with Crippen molar-refractivity contribution in [3.8, 4) is 5.75 Å². The molecule has 21 heavy (non-hydrogen) atoms. The van der Waals surface area contributed by atoms with Crippen LogP contribution >= 0.6 is 0 Å². The van der Waals surface area contributed by atoms with Crippen LogP contribution in [-0.4, -0.2) is 15.5 Å². The van der Waals surface area contributed by atoms with Gasteiger partial charge in [0.05, 0.1) is 12.8 Å². The van der Waals surface area contributed by atoms with Gasteiger partial charge in [-0.15, -0.1) is 0 Å². The maximum atomic E-state index is 13.6. The molecule has 2 aromatic carbocycles. The summed E-state index contributed by atoms with van der Waals surface area (Å²) in [6, 6.07) is 6.93. The lowest BCUT2D eigenvalue weighted by molar-refractivity contribution is 0.414. The summed E-state index contributed by atoms with van der Waals surface area (Å²) in [5.74, 6) is -1.29. The minimum absolute atomic E-state index is 0.263. The third-order valence-corrected chi connectivity index (χ3v) is 4.24. The molecule has 112 valence electrons. The summed E-state index contributed by atoms with van der Waals surface area (Å²) in [5.41, 5.74) is 0.856. The second kappa shape index (κ2) is 5.69. The van der Waals surface area contributed by atoms with Crippen LogP contribution in [0.1, 0.15) is 5.56 Å². The van der Waals surface area contributed by atoms with Crippen LogP contribution in [0.3, 0.4) is 0 Å². The molecule has 0 atom stereocenters. The van der Waals surface area contributed by atoms with Crippen molar-refractivity contribution in [2.24, 2.45) is 0 Å². The van der Waals surface area contributed by atoms with Gasteiger partial charge in [0.15, 0.2) is 0 Å². The molecule has 0 heterocycles. The van der Waals surface area contributed by atoms with Crippen molar-refractivity contribution in [1.82, 2.24) is 0 Å². The molecule has 4 nitrogen and oxygen atoms in total. The van der Waals surface area contributed by atoms with Gasteiger partial charge in [-0.1, -0.05) is 0 Å². The Morgan fingerprint density at radius 1 is 1.10 bits per heavy atom. The van der Waals surface area contributed by atoms with Gasteiger partial charge in [-0.3, -0.25) is 4.72 Å². The van der Waals surface area contributed by atoms with Crippen molar-refractivity contribution in [1.29, 1.82) is 0 Å². The molecule has 0 aliphatic heterocycles. The Hall–Kier alpha value is -2.15. The highest BCUT2D eigenvalue weighted by molar-refractivity contribution is 7.92. The zero-order valence-corrected chi connectivity index (χ0v) is 12.2. The number of nitrogens with one attached hydrogen (secondary N) is 1. The van der Waals surface area contributed by atoms with Crippen molar-refractivity contribution in [3.05, 3.63) is 53.6 Å². The molecule has 0 amide bonds. The molecule has 0 unspecified atom stereocenters. The average Bonchev–Trinajstić information content (AvgIpc) is 2.43. The van der Waals surface area contributed by atoms with Gasteiger partial charge < -0.3 is 4.74 Å². The maximum absolute atomic E-state index is 13.6. The first-order valence-corrected chi connectivity index (χ1v) is 7.44. The van der Waals surface area contributed by atoms with E-state index in [1.807, 2.05) is 0 Å². The molecule has 0 bridgehead atoms. The number of halogens is 2. The summed E-state index contributed by atoms with van der Waals surface area (Å²) in [6.45, 7) is 1.67. The topological polar surface area (TPSA) is 55.4 Å². The van der Waals surface area contributed by atoms with Gasteiger partial charge in [-0.2, -0.15) is 0 Å². The fourth-order valence-electron chi connectivity index (χ4n) is 1.76. The van der Waals surface area contributed by atoms with Crippen molar-refractivity contribution in [3.63, 3.8) is 0 Å². The first kappa shape index (κ1) is 15.2. The van der Waals surface area contributed by atoms with E-state index in [2.05, 4.69) is 4.72 Å². The molecular weight excluding hydrogens is 300 g/mol. The number of anilines is 1. The fourth-order valence-corrected chi connectivity index (χ4v) is 2.98. The molecule has 2 rings (SSSR count). The second-order valence-corrected chi connectivity index (χ2v) is 6.01. The molecule has 0 fully saturated rings. The Balaban J connectivity index is 2.40. The quantitative estimate of drug-likeness (QED) is 0.944. The largest absolute Gasteiger partial charge is 0.497 e. The second-order valence-electron chi connectivity index (χ2n) is 4.36. The fraction of sp³-hybridized carbons (Fsp3) is 0.143. The van der Waals surface area contributed by atoms with Gasteiger partial charge in [0.1, 0.15) is 22.3 Å². The smallest absolute Gasteiger partial charge is 0.264 e. The summed E-state index contributed by atoms with van der Waals surface area (Å²) < 4.78 is 58.2. The molecule has 0 spiro atoms. The number of hydrogen-bond donors (Lipinski definition) is 1. The molecule has 0 aliphatic rings. The predicted octanol–water partition coefficient (Wildman–Crippen LogP) is 3.08. The average molecular weight is 313 g/mol. The molecule has 2 aromatic rings. The summed E-state index contributed by atoms with van der Waals surface area (Å²) in [5, 5.41) is 0. The minimum Gasteiger partial charge on any atom is -0.497 e. The monoisotopic (exact) mass is 313 g/mol. The molecule has 0 aliphatic carbocycles. The summed E-state index contributed by atoms with van der Waals surface area (Å²) in [4.78, 5) is -0.738. The van der Waals surface area contributed by atoms with Crippen LogP contribution in [0, 0.1) is 18.6 Å². The van der Waals surface area contributed by atoms with Crippen LogP contribution in [-0.2, 0) is 10.0 Å². The normalized spacial score (nSPS) is 11.2. The highest BCUT2D eigenvalue weighted by atomic mass is 32.2. The van der Waals surface area contributed by atoms with E-state index in [0.29, 0.717) is 17.4 Å². The zero-order chi connectivity index (χ0) is 15.6. The third kappa shape index (κ3) is 3.30. The van der Waals surface area contributed by atoms with Crippen LogP contribution in [0.5, 0.6) is 5.75 Å². The van der Waals surface area contributed by atoms with E-state index in [0.717, 1.165) is 12.1 Å². The summed E-state index contributed by atoms with van der Waals surface area (Å²) in [6.07, 6.45) is 0. The standard InChI is InChI=1S/C14H13F2NO3S/c1-9-7-11(20-2)4-6-13(9)17-21(18,19)14-8-10(15)3-5-12(14)16/h3-8,17H,1-2H3. The van der Waals surface area contributed by atoms with Crippen molar-refractivity contribution < 1.29 is 21.9 Å². The van der Waals surface area contributed by atoms with E-state index in [1.54, 1.807) is 19.1 Å². The summed E-state index contributed by atoms with van der Waals surface area (Å²) in [7, 11) is -2.73. The van der Waals surface area contributed by atoms with Crippen LogP contribution in [0.15, 0.2) is 41.3 Å².